The van der Waals surface area contributed by atoms with E-state index >= 15 is 0 Å². The van der Waals surface area contributed by atoms with E-state index in [2.05, 4.69) is 4.98 Å². The zero-order chi connectivity index (χ0) is 14.5. The van der Waals surface area contributed by atoms with Gasteiger partial charge < -0.3 is 9.84 Å². The Labute approximate surface area is 115 Å². The van der Waals surface area contributed by atoms with E-state index in [9.17, 15) is 9.18 Å². The van der Waals surface area contributed by atoms with Gasteiger partial charge in [0.1, 0.15) is 11.6 Å². The van der Waals surface area contributed by atoms with Crippen LogP contribution >= 0.6 is 0 Å². The number of hydrogen-bond acceptors (Lipinski definition) is 3. The van der Waals surface area contributed by atoms with Crippen LogP contribution in [-0.4, -0.2) is 16.1 Å². The SMILES string of the molecule is Cc1ccc(F)cc1Oc1ccc(/C=C/C(=O)O)cn1. The molecular formula is C15H12FNO3. The second-order valence-electron chi connectivity index (χ2n) is 4.11. The van der Waals surface area contributed by atoms with Crippen LogP contribution in [0.15, 0.2) is 42.6 Å². The van der Waals surface area contributed by atoms with E-state index in [1.54, 1.807) is 25.1 Å². The fourth-order valence-electron chi connectivity index (χ4n) is 1.51. The zero-order valence-corrected chi connectivity index (χ0v) is 10.7. The summed E-state index contributed by atoms with van der Waals surface area (Å²) in [5.41, 5.74) is 1.43. The molecule has 2 rings (SSSR count). The lowest BCUT2D eigenvalue weighted by atomic mass is 10.2. The molecule has 0 atom stereocenters. The van der Waals surface area contributed by atoms with Gasteiger partial charge in [0, 0.05) is 24.4 Å². The lowest BCUT2D eigenvalue weighted by Gasteiger charge is -2.07. The first kappa shape index (κ1) is 13.7. The van der Waals surface area contributed by atoms with Crippen molar-refractivity contribution in [1.82, 2.24) is 4.98 Å². The molecule has 0 radical (unpaired) electrons. The molecule has 0 amide bonds. The van der Waals surface area contributed by atoms with Crippen LogP contribution in [0.2, 0.25) is 0 Å². The molecule has 5 heteroatoms. The van der Waals surface area contributed by atoms with Crippen LogP contribution in [0.5, 0.6) is 11.6 Å². The van der Waals surface area contributed by atoms with Crippen molar-refractivity contribution in [3.63, 3.8) is 0 Å². The number of carboxylic acids is 1. The van der Waals surface area contributed by atoms with E-state index in [0.717, 1.165) is 11.6 Å². The van der Waals surface area contributed by atoms with Crippen LogP contribution in [0.3, 0.4) is 0 Å². The van der Waals surface area contributed by atoms with Crippen molar-refractivity contribution < 1.29 is 19.0 Å². The minimum absolute atomic E-state index is 0.311. The fourth-order valence-corrected chi connectivity index (χ4v) is 1.51. The Bertz CT molecular complexity index is 651. The number of aliphatic carboxylic acids is 1. The van der Waals surface area contributed by atoms with Gasteiger partial charge in [0.2, 0.25) is 5.88 Å². The Kier molecular flexibility index (Phi) is 4.10. The summed E-state index contributed by atoms with van der Waals surface area (Å²) in [6.45, 7) is 1.80. The zero-order valence-electron chi connectivity index (χ0n) is 10.7. The third kappa shape index (κ3) is 3.65. The highest BCUT2D eigenvalue weighted by atomic mass is 19.1. The average Bonchev–Trinajstić information content (AvgIpc) is 2.42. The summed E-state index contributed by atoms with van der Waals surface area (Å²) >= 11 is 0. The van der Waals surface area contributed by atoms with Crippen LogP contribution in [0, 0.1) is 12.7 Å². The van der Waals surface area contributed by atoms with E-state index < -0.39 is 5.97 Å². The van der Waals surface area contributed by atoms with Gasteiger partial charge in [-0.3, -0.25) is 0 Å². The number of carboxylic acid groups (broad SMARTS) is 1. The lowest BCUT2D eigenvalue weighted by Crippen LogP contribution is -1.91. The van der Waals surface area contributed by atoms with Gasteiger partial charge in [0.05, 0.1) is 0 Å². The molecule has 1 N–H and O–H groups in total. The minimum Gasteiger partial charge on any atom is -0.478 e. The highest BCUT2D eigenvalue weighted by Crippen LogP contribution is 2.24. The third-order valence-corrected chi connectivity index (χ3v) is 2.54. The molecule has 1 aromatic carbocycles. The van der Waals surface area contributed by atoms with Crippen molar-refractivity contribution in [2.45, 2.75) is 6.92 Å². The molecule has 102 valence electrons. The maximum Gasteiger partial charge on any atom is 0.328 e. The van der Waals surface area contributed by atoms with Crippen molar-refractivity contribution in [2.24, 2.45) is 0 Å². The van der Waals surface area contributed by atoms with Crippen LogP contribution in [-0.2, 0) is 4.79 Å². The summed E-state index contributed by atoms with van der Waals surface area (Å²) < 4.78 is 18.6. The highest BCUT2D eigenvalue weighted by Gasteiger charge is 2.04. The van der Waals surface area contributed by atoms with Gasteiger partial charge in [-0.15, -0.1) is 0 Å². The van der Waals surface area contributed by atoms with E-state index in [1.165, 1.54) is 24.4 Å². The largest absolute Gasteiger partial charge is 0.478 e. The number of pyridine rings is 1. The van der Waals surface area contributed by atoms with E-state index in [4.69, 9.17) is 9.84 Å². The molecule has 0 spiro atoms. The normalized spacial score (nSPS) is 10.7. The Balaban J connectivity index is 2.14. The Hall–Kier alpha value is -2.69. The van der Waals surface area contributed by atoms with Crippen LogP contribution in [0.25, 0.3) is 6.08 Å². The first-order chi connectivity index (χ1) is 9.54. The van der Waals surface area contributed by atoms with E-state index in [-0.39, 0.29) is 5.82 Å². The summed E-state index contributed by atoms with van der Waals surface area (Å²) in [4.78, 5) is 14.4. The molecule has 20 heavy (non-hydrogen) atoms. The van der Waals surface area contributed by atoms with Gasteiger partial charge in [-0.05, 0) is 36.3 Å². The summed E-state index contributed by atoms with van der Waals surface area (Å²) in [5.74, 6) is -0.704. The number of halogens is 1. The van der Waals surface area contributed by atoms with Crippen molar-refractivity contribution in [2.75, 3.05) is 0 Å². The minimum atomic E-state index is -1.03. The topological polar surface area (TPSA) is 59.4 Å². The van der Waals surface area contributed by atoms with E-state index in [0.29, 0.717) is 17.2 Å². The number of hydrogen-bond donors (Lipinski definition) is 1. The molecule has 0 bridgehead atoms. The summed E-state index contributed by atoms with van der Waals surface area (Å²) in [6, 6.07) is 7.52. The number of aromatic nitrogens is 1. The number of aryl methyl sites for hydroxylation is 1. The molecule has 0 unspecified atom stereocenters. The Morgan fingerprint density at radius 3 is 2.80 bits per heavy atom. The number of nitrogens with zero attached hydrogens (tertiary/aromatic N) is 1. The van der Waals surface area contributed by atoms with Gasteiger partial charge >= 0.3 is 5.97 Å². The second kappa shape index (κ2) is 5.97. The predicted molar refractivity (Wildman–Crippen MR) is 72.1 cm³/mol. The molecule has 0 aliphatic rings. The fraction of sp³-hybridized carbons (Fsp3) is 0.0667. The molecule has 0 saturated heterocycles. The molecule has 1 aromatic heterocycles. The standard InChI is InChI=1S/C15H12FNO3/c1-10-2-5-12(16)8-13(10)20-14-6-3-11(9-17-14)4-7-15(18)19/h2-9H,1H3,(H,18,19)/b7-4+. The molecular weight excluding hydrogens is 261 g/mol. The van der Waals surface area contributed by atoms with Gasteiger partial charge in [-0.2, -0.15) is 0 Å². The summed E-state index contributed by atoms with van der Waals surface area (Å²) in [5, 5.41) is 8.51. The van der Waals surface area contributed by atoms with Crippen molar-refractivity contribution >= 4 is 12.0 Å². The van der Waals surface area contributed by atoms with Gasteiger partial charge in [-0.1, -0.05) is 6.07 Å². The van der Waals surface area contributed by atoms with Gasteiger partial charge in [0.15, 0.2) is 0 Å². The predicted octanol–water partition coefficient (Wildman–Crippen LogP) is 3.42. The summed E-state index contributed by atoms with van der Waals surface area (Å²) in [6.07, 6.45) is 3.92. The number of rotatable bonds is 4. The number of ether oxygens (including phenoxy) is 1. The monoisotopic (exact) mass is 273 g/mol. The molecule has 0 fully saturated rings. The highest BCUT2D eigenvalue weighted by molar-refractivity contribution is 5.85. The lowest BCUT2D eigenvalue weighted by molar-refractivity contribution is -0.131. The van der Waals surface area contributed by atoms with Crippen LogP contribution in [0.4, 0.5) is 4.39 Å². The van der Waals surface area contributed by atoms with Crippen molar-refractivity contribution in [3.05, 3.63) is 59.5 Å². The quantitative estimate of drug-likeness (QED) is 0.867. The maximum absolute atomic E-state index is 13.1. The van der Waals surface area contributed by atoms with E-state index in [1.807, 2.05) is 0 Å². The maximum atomic E-state index is 13.1. The van der Waals surface area contributed by atoms with Crippen molar-refractivity contribution in [1.29, 1.82) is 0 Å². The first-order valence-corrected chi connectivity index (χ1v) is 5.85. The Morgan fingerprint density at radius 1 is 1.35 bits per heavy atom. The van der Waals surface area contributed by atoms with Crippen molar-refractivity contribution in [3.8, 4) is 11.6 Å². The van der Waals surface area contributed by atoms with Crippen LogP contribution < -0.4 is 4.74 Å². The van der Waals surface area contributed by atoms with Gasteiger partial charge in [-0.25, -0.2) is 14.2 Å². The van der Waals surface area contributed by atoms with Crippen LogP contribution in [0.1, 0.15) is 11.1 Å². The third-order valence-electron chi connectivity index (χ3n) is 2.54. The number of carbonyl (C=O) groups is 1. The molecule has 4 nitrogen and oxygen atoms in total. The molecule has 1 heterocycles. The molecule has 0 aliphatic carbocycles. The van der Waals surface area contributed by atoms with Gasteiger partial charge in [0.25, 0.3) is 0 Å². The molecule has 0 aliphatic heterocycles. The summed E-state index contributed by atoms with van der Waals surface area (Å²) in [7, 11) is 0. The Morgan fingerprint density at radius 2 is 2.15 bits per heavy atom. The second-order valence-corrected chi connectivity index (χ2v) is 4.11. The molecule has 2 aromatic rings. The number of benzene rings is 1. The average molecular weight is 273 g/mol. The molecule has 0 saturated carbocycles. The first-order valence-electron chi connectivity index (χ1n) is 5.85. The smallest absolute Gasteiger partial charge is 0.328 e.